The summed E-state index contributed by atoms with van der Waals surface area (Å²) in [6.07, 6.45) is 1.62. The van der Waals surface area contributed by atoms with E-state index in [1.165, 1.54) is 16.8 Å². The van der Waals surface area contributed by atoms with Gasteiger partial charge in [0.2, 0.25) is 0 Å². The fourth-order valence-corrected chi connectivity index (χ4v) is 1.66. The molecule has 0 aliphatic carbocycles. The van der Waals surface area contributed by atoms with E-state index in [4.69, 9.17) is 23.2 Å². The molecular formula is C10H8Cl2N4O2. The number of benzene rings is 1. The first-order valence-corrected chi connectivity index (χ1v) is 5.81. The maximum absolute atomic E-state index is 10.8. The first kappa shape index (κ1) is 12.8. The SMILES string of the molecule is CC(Cl)c1cn(-c2ccc(Cl)c([N+](=O)[O-])c2)nn1. The van der Waals surface area contributed by atoms with Gasteiger partial charge in [-0.2, -0.15) is 0 Å². The van der Waals surface area contributed by atoms with Crippen molar-refractivity contribution in [2.45, 2.75) is 12.3 Å². The normalized spacial score (nSPS) is 12.4. The van der Waals surface area contributed by atoms with Gasteiger partial charge in [0.1, 0.15) is 10.7 Å². The molecule has 0 amide bonds. The fourth-order valence-electron chi connectivity index (χ4n) is 1.37. The van der Waals surface area contributed by atoms with Crippen LogP contribution in [0.1, 0.15) is 18.0 Å². The Balaban J connectivity index is 2.44. The summed E-state index contributed by atoms with van der Waals surface area (Å²) >= 11 is 11.6. The van der Waals surface area contributed by atoms with E-state index in [1.54, 1.807) is 19.2 Å². The quantitative estimate of drug-likeness (QED) is 0.494. The highest BCUT2D eigenvalue weighted by Crippen LogP contribution is 2.27. The largest absolute Gasteiger partial charge is 0.290 e. The number of halogens is 2. The lowest BCUT2D eigenvalue weighted by Gasteiger charge is -2.01. The summed E-state index contributed by atoms with van der Waals surface area (Å²) < 4.78 is 1.41. The van der Waals surface area contributed by atoms with Gasteiger partial charge in [0.15, 0.2) is 0 Å². The Morgan fingerprint density at radius 1 is 1.50 bits per heavy atom. The summed E-state index contributed by atoms with van der Waals surface area (Å²) in [5.74, 6) is 0. The van der Waals surface area contributed by atoms with Crippen LogP contribution in [-0.4, -0.2) is 19.9 Å². The number of aromatic nitrogens is 3. The van der Waals surface area contributed by atoms with Gasteiger partial charge < -0.3 is 0 Å². The maximum Gasteiger partial charge on any atom is 0.290 e. The van der Waals surface area contributed by atoms with Crippen molar-refractivity contribution in [1.82, 2.24) is 15.0 Å². The van der Waals surface area contributed by atoms with Gasteiger partial charge in [0.05, 0.1) is 22.2 Å². The molecule has 0 saturated heterocycles. The first-order valence-electron chi connectivity index (χ1n) is 4.99. The van der Waals surface area contributed by atoms with Gasteiger partial charge in [-0.1, -0.05) is 16.8 Å². The zero-order chi connectivity index (χ0) is 13.3. The van der Waals surface area contributed by atoms with Crippen molar-refractivity contribution < 1.29 is 4.92 Å². The highest BCUT2D eigenvalue weighted by molar-refractivity contribution is 6.32. The minimum atomic E-state index is -0.548. The van der Waals surface area contributed by atoms with Crippen molar-refractivity contribution in [2.24, 2.45) is 0 Å². The van der Waals surface area contributed by atoms with Crippen LogP contribution in [0.15, 0.2) is 24.4 Å². The Kier molecular flexibility index (Phi) is 3.49. The van der Waals surface area contributed by atoms with E-state index in [0.717, 1.165) is 0 Å². The van der Waals surface area contributed by atoms with E-state index in [1.807, 2.05) is 0 Å². The number of alkyl halides is 1. The Morgan fingerprint density at radius 3 is 2.78 bits per heavy atom. The second kappa shape index (κ2) is 4.91. The molecule has 0 aliphatic rings. The lowest BCUT2D eigenvalue weighted by molar-refractivity contribution is -0.384. The smallest absolute Gasteiger partial charge is 0.258 e. The van der Waals surface area contributed by atoms with Gasteiger partial charge in [-0.15, -0.1) is 16.7 Å². The second-order valence-corrected chi connectivity index (χ2v) is 4.66. The molecule has 0 aliphatic heterocycles. The maximum atomic E-state index is 10.8. The summed E-state index contributed by atoms with van der Waals surface area (Å²) in [4.78, 5) is 10.2. The molecule has 0 fully saturated rings. The summed E-state index contributed by atoms with van der Waals surface area (Å²) in [7, 11) is 0. The van der Waals surface area contributed by atoms with Crippen LogP contribution in [0.4, 0.5) is 5.69 Å². The lowest BCUT2D eigenvalue weighted by atomic mass is 10.3. The van der Waals surface area contributed by atoms with E-state index in [0.29, 0.717) is 11.4 Å². The van der Waals surface area contributed by atoms with Gasteiger partial charge in [-0.3, -0.25) is 10.1 Å². The molecule has 2 aromatic rings. The third-order valence-electron chi connectivity index (χ3n) is 2.31. The minimum absolute atomic E-state index is 0.0785. The molecule has 1 unspecified atom stereocenters. The first-order chi connectivity index (χ1) is 8.49. The predicted octanol–water partition coefficient (Wildman–Crippen LogP) is 3.13. The zero-order valence-corrected chi connectivity index (χ0v) is 10.8. The molecule has 0 radical (unpaired) electrons. The van der Waals surface area contributed by atoms with Gasteiger partial charge in [-0.05, 0) is 19.1 Å². The molecule has 1 aromatic carbocycles. The number of nitro benzene ring substituents is 1. The molecule has 1 atom stereocenters. The van der Waals surface area contributed by atoms with Crippen LogP contribution in [0.3, 0.4) is 0 Å². The molecule has 2 rings (SSSR count). The van der Waals surface area contributed by atoms with Crippen LogP contribution in [-0.2, 0) is 0 Å². The van der Waals surface area contributed by atoms with Crippen LogP contribution >= 0.6 is 23.2 Å². The van der Waals surface area contributed by atoms with E-state index >= 15 is 0 Å². The number of hydrogen-bond acceptors (Lipinski definition) is 4. The summed E-state index contributed by atoms with van der Waals surface area (Å²) in [5.41, 5.74) is 0.918. The molecule has 94 valence electrons. The minimum Gasteiger partial charge on any atom is -0.258 e. The zero-order valence-electron chi connectivity index (χ0n) is 9.25. The fraction of sp³-hybridized carbons (Fsp3) is 0.200. The van der Waals surface area contributed by atoms with Crippen LogP contribution < -0.4 is 0 Å². The van der Waals surface area contributed by atoms with Crippen LogP contribution in [0.25, 0.3) is 5.69 Å². The van der Waals surface area contributed by atoms with Gasteiger partial charge in [0.25, 0.3) is 5.69 Å². The molecule has 1 heterocycles. The highest BCUT2D eigenvalue weighted by atomic mass is 35.5. The average molecular weight is 287 g/mol. The van der Waals surface area contributed by atoms with E-state index < -0.39 is 4.92 Å². The Labute approximate surface area is 112 Å². The highest BCUT2D eigenvalue weighted by Gasteiger charge is 2.15. The molecule has 18 heavy (non-hydrogen) atoms. The number of hydrogen-bond donors (Lipinski definition) is 0. The van der Waals surface area contributed by atoms with E-state index in [9.17, 15) is 10.1 Å². The summed E-state index contributed by atoms with van der Waals surface area (Å²) in [6, 6.07) is 4.40. The van der Waals surface area contributed by atoms with Crippen molar-refractivity contribution in [1.29, 1.82) is 0 Å². The molecule has 0 spiro atoms. The van der Waals surface area contributed by atoms with Crippen molar-refractivity contribution >= 4 is 28.9 Å². The Morgan fingerprint density at radius 2 is 2.22 bits per heavy atom. The molecule has 0 bridgehead atoms. The van der Waals surface area contributed by atoms with Gasteiger partial charge >= 0.3 is 0 Å². The van der Waals surface area contributed by atoms with Crippen molar-refractivity contribution in [3.63, 3.8) is 0 Å². The summed E-state index contributed by atoms with van der Waals surface area (Å²) in [5, 5.41) is 18.3. The second-order valence-electron chi connectivity index (χ2n) is 3.60. The average Bonchev–Trinajstić information content (AvgIpc) is 2.78. The van der Waals surface area contributed by atoms with Gasteiger partial charge in [0, 0.05) is 6.07 Å². The van der Waals surface area contributed by atoms with Gasteiger partial charge in [-0.25, -0.2) is 4.68 Å². The molecule has 0 N–H and O–H groups in total. The third kappa shape index (κ3) is 2.44. The molecule has 8 heteroatoms. The van der Waals surface area contributed by atoms with Crippen LogP contribution in [0.5, 0.6) is 0 Å². The van der Waals surface area contributed by atoms with Crippen LogP contribution in [0.2, 0.25) is 5.02 Å². The predicted molar refractivity (Wildman–Crippen MR) is 67.3 cm³/mol. The molecular weight excluding hydrogens is 279 g/mol. The van der Waals surface area contributed by atoms with Crippen molar-refractivity contribution in [2.75, 3.05) is 0 Å². The Bertz CT molecular complexity index is 597. The monoisotopic (exact) mass is 286 g/mol. The molecule has 6 nitrogen and oxygen atoms in total. The molecule has 1 aromatic heterocycles. The lowest BCUT2D eigenvalue weighted by Crippen LogP contribution is -1.97. The van der Waals surface area contributed by atoms with Crippen LogP contribution in [0, 0.1) is 10.1 Å². The number of rotatable bonds is 3. The topological polar surface area (TPSA) is 73.8 Å². The third-order valence-corrected chi connectivity index (χ3v) is 2.85. The molecule has 0 saturated carbocycles. The number of nitrogens with zero attached hydrogens (tertiary/aromatic N) is 4. The summed E-state index contributed by atoms with van der Waals surface area (Å²) in [6.45, 7) is 1.76. The Hall–Kier alpha value is -1.66. The van der Waals surface area contributed by atoms with Crippen molar-refractivity contribution in [3.05, 3.63) is 45.2 Å². The van der Waals surface area contributed by atoms with Crippen molar-refractivity contribution in [3.8, 4) is 5.69 Å². The number of nitro groups is 1. The standard InChI is InChI=1S/C10H8Cl2N4O2/c1-6(11)9-5-15(14-13-9)7-2-3-8(12)10(4-7)16(17)18/h2-6H,1H3. The van der Waals surface area contributed by atoms with E-state index in [2.05, 4.69) is 10.3 Å². The van der Waals surface area contributed by atoms with E-state index in [-0.39, 0.29) is 16.1 Å².